The van der Waals surface area contributed by atoms with Crippen molar-refractivity contribution in [2.45, 2.75) is 6.92 Å². The Balaban J connectivity index is 2.27. The zero-order valence-electron chi connectivity index (χ0n) is 11.0. The number of fused-ring (bicyclic) bond motifs is 1. The van der Waals surface area contributed by atoms with Crippen molar-refractivity contribution in [1.82, 2.24) is 4.98 Å². The zero-order chi connectivity index (χ0) is 14.1. The number of para-hydroxylation sites is 1. The van der Waals surface area contributed by atoms with Gasteiger partial charge in [0.1, 0.15) is 0 Å². The van der Waals surface area contributed by atoms with E-state index in [1.165, 1.54) is 0 Å². The van der Waals surface area contributed by atoms with Gasteiger partial charge in [-0.25, -0.2) is 0 Å². The molecule has 20 heavy (non-hydrogen) atoms. The molecule has 3 rings (SSSR count). The molecule has 2 aromatic carbocycles. The average molecular weight is 263 g/mol. The summed E-state index contributed by atoms with van der Waals surface area (Å²) in [5.41, 5.74) is 1.87. The number of hydrogen-bond donors (Lipinski definition) is 1. The SMILES string of the molecule is Cc1c(C(=O)c2ccccc2)c(=O)[nH]c2ccccc12. The Morgan fingerprint density at radius 2 is 1.60 bits per heavy atom. The fourth-order valence-corrected chi connectivity index (χ4v) is 2.42. The predicted molar refractivity (Wildman–Crippen MR) is 79.2 cm³/mol. The Kier molecular flexibility index (Phi) is 2.95. The van der Waals surface area contributed by atoms with Crippen LogP contribution >= 0.6 is 0 Å². The summed E-state index contributed by atoms with van der Waals surface area (Å²) in [6.07, 6.45) is 0. The fourth-order valence-electron chi connectivity index (χ4n) is 2.42. The smallest absolute Gasteiger partial charge is 0.259 e. The quantitative estimate of drug-likeness (QED) is 0.722. The molecule has 0 saturated carbocycles. The minimum atomic E-state index is -0.338. The molecule has 0 amide bonds. The maximum atomic E-state index is 12.5. The van der Waals surface area contributed by atoms with Crippen LogP contribution in [0.25, 0.3) is 10.9 Å². The molecule has 1 aromatic heterocycles. The third kappa shape index (κ3) is 1.93. The van der Waals surface area contributed by atoms with E-state index in [2.05, 4.69) is 4.98 Å². The molecule has 0 fully saturated rings. The molecule has 0 aliphatic rings. The number of hydrogen-bond acceptors (Lipinski definition) is 2. The van der Waals surface area contributed by atoms with Crippen molar-refractivity contribution in [2.24, 2.45) is 0 Å². The van der Waals surface area contributed by atoms with E-state index in [4.69, 9.17) is 0 Å². The number of nitrogens with one attached hydrogen (secondary N) is 1. The molecule has 1 N–H and O–H groups in total. The van der Waals surface area contributed by atoms with Crippen LogP contribution in [0.15, 0.2) is 59.4 Å². The maximum absolute atomic E-state index is 12.5. The highest BCUT2D eigenvalue weighted by Gasteiger charge is 2.17. The van der Waals surface area contributed by atoms with Gasteiger partial charge >= 0.3 is 0 Å². The standard InChI is InChI=1S/C17H13NO2/c1-11-13-9-5-6-10-14(13)18-17(20)15(11)16(19)12-7-3-2-4-8-12/h2-10H,1H3,(H,18,20). The van der Waals surface area contributed by atoms with Gasteiger partial charge in [0.05, 0.1) is 5.56 Å². The largest absolute Gasteiger partial charge is 0.321 e. The molecule has 0 unspecified atom stereocenters. The van der Waals surface area contributed by atoms with Crippen molar-refractivity contribution in [3.8, 4) is 0 Å². The van der Waals surface area contributed by atoms with E-state index in [0.717, 1.165) is 16.5 Å². The molecule has 3 heteroatoms. The number of carbonyl (C=O) groups is 1. The van der Waals surface area contributed by atoms with Gasteiger partial charge in [0, 0.05) is 16.5 Å². The lowest BCUT2D eigenvalue weighted by molar-refractivity contribution is 0.103. The molecule has 3 aromatic rings. The van der Waals surface area contributed by atoms with Gasteiger partial charge < -0.3 is 4.98 Å². The molecule has 0 aliphatic heterocycles. The van der Waals surface area contributed by atoms with E-state index in [1.54, 1.807) is 24.3 Å². The summed E-state index contributed by atoms with van der Waals surface area (Å²) in [6.45, 7) is 1.81. The van der Waals surface area contributed by atoms with Crippen LogP contribution in [0.1, 0.15) is 21.5 Å². The van der Waals surface area contributed by atoms with Crippen LogP contribution in [-0.4, -0.2) is 10.8 Å². The molecular formula is C17H13NO2. The number of aromatic amines is 1. The van der Waals surface area contributed by atoms with Crippen molar-refractivity contribution < 1.29 is 4.79 Å². The van der Waals surface area contributed by atoms with Crippen molar-refractivity contribution in [3.63, 3.8) is 0 Å². The molecule has 3 nitrogen and oxygen atoms in total. The second-order valence-electron chi connectivity index (χ2n) is 4.69. The predicted octanol–water partition coefficient (Wildman–Crippen LogP) is 3.07. The molecule has 0 atom stereocenters. The monoisotopic (exact) mass is 263 g/mol. The normalized spacial score (nSPS) is 10.7. The highest BCUT2D eigenvalue weighted by Crippen LogP contribution is 2.19. The first-order chi connectivity index (χ1) is 9.68. The van der Waals surface area contributed by atoms with Crippen molar-refractivity contribution in [2.75, 3.05) is 0 Å². The third-order valence-electron chi connectivity index (χ3n) is 3.44. The number of aromatic nitrogens is 1. The maximum Gasteiger partial charge on any atom is 0.259 e. The first-order valence-electron chi connectivity index (χ1n) is 6.40. The zero-order valence-corrected chi connectivity index (χ0v) is 11.0. The topological polar surface area (TPSA) is 49.9 Å². The van der Waals surface area contributed by atoms with Crippen LogP contribution in [0.5, 0.6) is 0 Å². The summed E-state index contributed by atoms with van der Waals surface area (Å²) < 4.78 is 0. The van der Waals surface area contributed by atoms with Gasteiger partial charge in [0.2, 0.25) is 0 Å². The first kappa shape index (κ1) is 12.4. The van der Waals surface area contributed by atoms with Crippen LogP contribution < -0.4 is 5.56 Å². The van der Waals surface area contributed by atoms with Crippen molar-refractivity contribution in [1.29, 1.82) is 0 Å². The number of carbonyl (C=O) groups excluding carboxylic acids is 1. The highest BCUT2D eigenvalue weighted by molar-refractivity contribution is 6.11. The summed E-state index contributed by atoms with van der Waals surface area (Å²) in [5, 5.41) is 0.895. The second-order valence-corrected chi connectivity index (χ2v) is 4.69. The van der Waals surface area contributed by atoms with Gasteiger partial charge in [-0.3, -0.25) is 9.59 Å². The van der Waals surface area contributed by atoms with Crippen molar-refractivity contribution in [3.05, 3.63) is 81.6 Å². The number of ketones is 1. The van der Waals surface area contributed by atoms with E-state index >= 15 is 0 Å². The van der Waals surface area contributed by atoms with E-state index in [-0.39, 0.29) is 16.9 Å². The third-order valence-corrected chi connectivity index (χ3v) is 3.44. The fraction of sp³-hybridized carbons (Fsp3) is 0.0588. The average Bonchev–Trinajstić information content (AvgIpc) is 2.48. The molecule has 1 heterocycles. The summed E-state index contributed by atoms with van der Waals surface area (Å²) >= 11 is 0. The molecule has 0 saturated heterocycles. The summed E-state index contributed by atoms with van der Waals surface area (Å²) in [6, 6.07) is 16.3. The van der Waals surface area contributed by atoms with E-state index in [9.17, 15) is 9.59 Å². The molecule has 98 valence electrons. The first-order valence-corrected chi connectivity index (χ1v) is 6.40. The van der Waals surface area contributed by atoms with Crippen LogP contribution in [-0.2, 0) is 0 Å². The van der Waals surface area contributed by atoms with Gasteiger partial charge in [-0.1, -0.05) is 48.5 Å². The molecule has 0 bridgehead atoms. The van der Waals surface area contributed by atoms with Gasteiger partial charge in [-0.15, -0.1) is 0 Å². The number of H-pyrrole nitrogens is 1. The summed E-state index contributed by atoms with van der Waals surface area (Å²) in [7, 11) is 0. The van der Waals surface area contributed by atoms with Gasteiger partial charge in [0.15, 0.2) is 5.78 Å². The Hall–Kier alpha value is -2.68. The Bertz CT molecular complexity index is 848. The van der Waals surface area contributed by atoms with Crippen molar-refractivity contribution >= 4 is 16.7 Å². The lowest BCUT2D eigenvalue weighted by Gasteiger charge is -2.08. The van der Waals surface area contributed by atoms with E-state index in [1.807, 2.05) is 37.3 Å². The minimum absolute atomic E-state index is 0.218. The lowest BCUT2D eigenvalue weighted by Crippen LogP contribution is -2.20. The Labute approximate surface area is 115 Å². The minimum Gasteiger partial charge on any atom is -0.321 e. The Morgan fingerprint density at radius 3 is 2.35 bits per heavy atom. The molecule has 0 radical (unpaired) electrons. The summed E-state index contributed by atoms with van der Waals surface area (Å²) in [5.74, 6) is -0.241. The van der Waals surface area contributed by atoms with E-state index < -0.39 is 0 Å². The van der Waals surface area contributed by atoms with Gasteiger partial charge in [-0.05, 0) is 18.6 Å². The Morgan fingerprint density at radius 1 is 0.950 bits per heavy atom. The van der Waals surface area contributed by atoms with Crippen LogP contribution in [0.3, 0.4) is 0 Å². The van der Waals surface area contributed by atoms with Crippen LogP contribution in [0, 0.1) is 6.92 Å². The van der Waals surface area contributed by atoms with Crippen LogP contribution in [0.4, 0.5) is 0 Å². The number of aryl methyl sites for hydroxylation is 1. The highest BCUT2D eigenvalue weighted by atomic mass is 16.1. The molecule has 0 spiro atoms. The summed E-state index contributed by atoms with van der Waals surface area (Å²) in [4.78, 5) is 27.5. The lowest BCUT2D eigenvalue weighted by atomic mass is 9.97. The van der Waals surface area contributed by atoms with Gasteiger partial charge in [0.25, 0.3) is 5.56 Å². The number of benzene rings is 2. The number of pyridine rings is 1. The van der Waals surface area contributed by atoms with Gasteiger partial charge in [-0.2, -0.15) is 0 Å². The molecular weight excluding hydrogens is 250 g/mol. The molecule has 0 aliphatic carbocycles. The second kappa shape index (κ2) is 4.78. The van der Waals surface area contributed by atoms with E-state index in [0.29, 0.717) is 5.56 Å². The van der Waals surface area contributed by atoms with Crippen LogP contribution in [0.2, 0.25) is 0 Å². The number of rotatable bonds is 2.